The average Bonchev–Trinajstić information content (AvgIpc) is 3.50. The van der Waals surface area contributed by atoms with E-state index in [2.05, 4.69) is 16.5 Å². The summed E-state index contributed by atoms with van der Waals surface area (Å²) < 4.78 is 81.4. The molecule has 2 aromatic rings. The molecule has 0 fully saturated rings. The van der Waals surface area contributed by atoms with E-state index in [1.54, 1.807) is 0 Å². The van der Waals surface area contributed by atoms with Crippen LogP contribution >= 0.6 is 0 Å². The number of urea groups is 1. The number of rotatable bonds is 5. The van der Waals surface area contributed by atoms with Crippen molar-refractivity contribution in [3.05, 3.63) is 34.5 Å². The first-order chi connectivity index (χ1) is 16.7. The topological polar surface area (TPSA) is 171 Å². The number of nitrogens with one attached hydrogen (secondary N) is 2. The third kappa shape index (κ3) is 3.87. The number of hydrogen-bond donors (Lipinski definition) is 2. The zero-order valence-electron chi connectivity index (χ0n) is 19.7. The second-order valence-corrected chi connectivity index (χ2v) is 16.1. The Balaban J connectivity index is 1.41. The number of carbonyl (C=O) groups excluding carboxylic acids is 1. The summed E-state index contributed by atoms with van der Waals surface area (Å²) >= 11 is 0. The number of benzene rings is 1. The standard InChI is InChI=1S/C21H26N4O8S3/c1-34(27,28)21(35(2,29)30)11-25-19(33-12-21)17(10-22-25)36(31,32)24-20(26)23-18-15-7-3-5-13(15)9-14-6-4-8-16(14)18/h9-10H,3-8,11-12H2,1-2H3,(H2,23,24,26). The number of nitrogens with zero attached hydrogens (tertiary/aromatic N) is 2. The lowest BCUT2D eigenvalue weighted by Gasteiger charge is -2.33. The Morgan fingerprint density at radius 3 is 2.11 bits per heavy atom. The lowest BCUT2D eigenvalue weighted by molar-refractivity contribution is 0.209. The van der Waals surface area contributed by atoms with Crippen LogP contribution in [0.3, 0.4) is 0 Å². The largest absolute Gasteiger partial charge is 0.474 e. The molecule has 1 aromatic carbocycles. The van der Waals surface area contributed by atoms with E-state index in [1.807, 2.05) is 4.72 Å². The summed E-state index contributed by atoms with van der Waals surface area (Å²) in [5, 5.41) is 6.58. The van der Waals surface area contributed by atoms with E-state index in [0.29, 0.717) is 5.69 Å². The first-order valence-corrected chi connectivity index (χ1v) is 16.6. The second-order valence-electron chi connectivity index (χ2n) is 9.51. The molecule has 0 unspecified atom stereocenters. The third-order valence-corrected chi connectivity index (χ3v) is 13.5. The Morgan fingerprint density at radius 1 is 0.972 bits per heavy atom. The molecule has 0 bridgehead atoms. The summed E-state index contributed by atoms with van der Waals surface area (Å²) in [6.07, 6.45) is 7.81. The van der Waals surface area contributed by atoms with Gasteiger partial charge in [0.25, 0.3) is 10.0 Å². The van der Waals surface area contributed by atoms with Crippen molar-refractivity contribution in [1.82, 2.24) is 14.5 Å². The lowest BCUT2D eigenvalue weighted by atomic mass is 9.99. The maximum atomic E-state index is 13.0. The zero-order chi connectivity index (χ0) is 26.1. The van der Waals surface area contributed by atoms with E-state index in [1.165, 1.54) is 11.1 Å². The maximum absolute atomic E-state index is 13.0. The first kappa shape index (κ1) is 25.0. The molecule has 0 spiro atoms. The Hall–Kier alpha value is -2.65. The normalized spacial score (nSPS) is 18.6. The Kier molecular flexibility index (Phi) is 5.68. The molecular weight excluding hydrogens is 532 g/mol. The lowest BCUT2D eigenvalue weighted by Crippen LogP contribution is -2.55. The van der Waals surface area contributed by atoms with Gasteiger partial charge >= 0.3 is 6.03 Å². The fraction of sp³-hybridized carbons (Fsp3) is 0.524. The number of sulfone groups is 2. The molecule has 0 atom stereocenters. The van der Waals surface area contributed by atoms with Gasteiger partial charge in [0.1, 0.15) is 6.61 Å². The Morgan fingerprint density at radius 2 is 1.56 bits per heavy atom. The molecule has 0 radical (unpaired) electrons. The smallest absolute Gasteiger partial charge is 0.333 e. The number of sulfonamides is 1. The summed E-state index contributed by atoms with van der Waals surface area (Å²) in [7, 11) is -12.8. The van der Waals surface area contributed by atoms with Crippen LogP contribution in [0.2, 0.25) is 0 Å². The summed E-state index contributed by atoms with van der Waals surface area (Å²) in [5.41, 5.74) is 5.09. The number of amides is 2. The molecule has 2 heterocycles. The molecule has 0 saturated heterocycles. The van der Waals surface area contributed by atoms with Crippen LogP contribution in [-0.4, -0.2) is 64.3 Å². The molecule has 2 N–H and O–H groups in total. The second kappa shape index (κ2) is 8.18. The van der Waals surface area contributed by atoms with Gasteiger partial charge in [0.15, 0.2) is 24.6 Å². The van der Waals surface area contributed by atoms with E-state index in [0.717, 1.165) is 73.0 Å². The highest BCUT2D eigenvalue weighted by Gasteiger charge is 2.55. The maximum Gasteiger partial charge on any atom is 0.333 e. The van der Waals surface area contributed by atoms with Gasteiger partial charge in [0, 0.05) is 18.2 Å². The summed E-state index contributed by atoms with van der Waals surface area (Å²) in [6.45, 7) is -1.46. The van der Waals surface area contributed by atoms with Crippen molar-refractivity contribution >= 4 is 41.4 Å². The van der Waals surface area contributed by atoms with Gasteiger partial charge in [-0.3, -0.25) is 0 Å². The van der Waals surface area contributed by atoms with Gasteiger partial charge < -0.3 is 10.1 Å². The quantitative estimate of drug-likeness (QED) is 0.532. The minimum atomic E-state index is -4.48. The van der Waals surface area contributed by atoms with Crippen LogP contribution in [0.1, 0.15) is 35.1 Å². The minimum Gasteiger partial charge on any atom is -0.474 e. The summed E-state index contributed by atoms with van der Waals surface area (Å²) in [6, 6.07) is 1.25. The predicted octanol–water partition coefficient (Wildman–Crippen LogP) is 0.549. The van der Waals surface area contributed by atoms with Crippen LogP contribution in [0.15, 0.2) is 17.2 Å². The van der Waals surface area contributed by atoms with Crippen molar-refractivity contribution in [2.45, 2.75) is 54.0 Å². The zero-order valence-corrected chi connectivity index (χ0v) is 22.1. The molecule has 0 saturated carbocycles. The highest BCUT2D eigenvalue weighted by Crippen LogP contribution is 2.39. The van der Waals surface area contributed by atoms with Crippen LogP contribution in [0, 0.1) is 0 Å². The van der Waals surface area contributed by atoms with E-state index < -0.39 is 57.9 Å². The van der Waals surface area contributed by atoms with Gasteiger partial charge in [-0.25, -0.2) is 39.5 Å². The van der Waals surface area contributed by atoms with Crippen molar-refractivity contribution in [3.8, 4) is 5.88 Å². The SMILES string of the molecule is CS(=O)(=O)C1(S(C)(=O)=O)COc2c(S(=O)(=O)NC(=O)Nc3c4c(cc5c3CCC5)CCC4)cnn2C1. The first-order valence-electron chi connectivity index (χ1n) is 11.3. The average molecular weight is 559 g/mol. The summed E-state index contributed by atoms with van der Waals surface area (Å²) in [4.78, 5) is 12.3. The van der Waals surface area contributed by atoms with Gasteiger partial charge in [-0.1, -0.05) is 6.07 Å². The molecule has 2 aliphatic carbocycles. The Bertz CT molecular complexity index is 1540. The molecule has 5 rings (SSSR count). The van der Waals surface area contributed by atoms with E-state index in [4.69, 9.17) is 4.74 Å². The van der Waals surface area contributed by atoms with Crippen molar-refractivity contribution in [2.75, 3.05) is 24.4 Å². The Labute approximate surface area is 209 Å². The molecule has 12 nitrogen and oxygen atoms in total. The minimum absolute atomic E-state index is 0.347. The number of hydrogen-bond acceptors (Lipinski definition) is 9. The molecule has 3 aliphatic rings. The number of ether oxygens (including phenoxy) is 1. The third-order valence-electron chi connectivity index (χ3n) is 7.16. The van der Waals surface area contributed by atoms with Gasteiger partial charge in [0.2, 0.25) is 9.96 Å². The van der Waals surface area contributed by atoms with E-state index in [9.17, 15) is 30.0 Å². The molecule has 196 valence electrons. The van der Waals surface area contributed by atoms with Gasteiger partial charge in [0.05, 0.1) is 12.7 Å². The highest BCUT2D eigenvalue weighted by molar-refractivity contribution is 8.09. The van der Waals surface area contributed by atoms with Crippen LogP contribution < -0.4 is 14.8 Å². The molecule has 36 heavy (non-hydrogen) atoms. The number of carbonyl (C=O) groups is 1. The van der Waals surface area contributed by atoms with Gasteiger partial charge in [-0.2, -0.15) is 5.10 Å². The van der Waals surface area contributed by atoms with Gasteiger partial charge in [-0.15, -0.1) is 0 Å². The number of anilines is 1. The molecule has 1 aromatic heterocycles. The van der Waals surface area contributed by atoms with Crippen LogP contribution in [-0.2, 0) is 61.9 Å². The highest BCUT2D eigenvalue weighted by atomic mass is 32.3. The molecular formula is C21H26N4O8S3. The van der Waals surface area contributed by atoms with Crippen molar-refractivity contribution in [2.24, 2.45) is 0 Å². The monoisotopic (exact) mass is 558 g/mol. The number of aryl methyl sites for hydroxylation is 2. The van der Waals surface area contributed by atoms with Crippen LogP contribution in [0.5, 0.6) is 5.88 Å². The number of fused-ring (bicyclic) bond motifs is 3. The fourth-order valence-electron chi connectivity index (χ4n) is 5.26. The summed E-state index contributed by atoms with van der Waals surface area (Å²) in [5.74, 6) is -0.347. The van der Waals surface area contributed by atoms with E-state index >= 15 is 0 Å². The number of aromatic nitrogens is 2. The van der Waals surface area contributed by atoms with Crippen LogP contribution in [0.25, 0.3) is 0 Å². The van der Waals surface area contributed by atoms with Crippen LogP contribution in [0.4, 0.5) is 10.5 Å². The molecule has 2 amide bonds. The molecule has 1 aliphatic heterocycles. The van der Waals surface area contributed by atoms with Gasteiger partial charge in [-0.05, 0) is 60.8 Å². The van der Waals surface area contributed by atoms with Crippen molar-refractivity contribution in [3.63, 3.8) is 0 Å². The predicted molar refractivity (Wildman–Crippen MR) is 130 cm³/mol. The van der Waals surface area contributed by atoms with E-state index in [-0.39, 0.29) is 5.88 Å². The fourth-order valence-corrected chi connectivity index (χ4v) is 9.70. The molecule has 15 heteroatoms. The van der Waals surface area contributed by atoms with Crippen molar-refractivity contribution in [1.29, 1.82) is 0 Å². The van der Waals surface area contributed by atoms with Crippen molar-refractivity contribution < 1.29 is 34.8 Å².